The summed E-state index contributed by atoms with van der Waals surface area (Å²) in [6.07, 6.45) is 6.84. The second-order valence-electron chi connectivity index (χ2n) is 8.15. The van der Waals surface area contributed by atoms with Gasteiger partial charge in [0.1, 0.15) is 0 Å². The van der Waals surface area contributed by atoms with E-state index in [1.54, 1.807) is 11.3 Å². The highest BCUT2D eigenvalue weighted by molar-refractivity contribution is 7.07. The Morgan fingerprint density at radius 3 is 2.74 bits per heavy atom. The third-order valence-electron chi connectivity index (χ3n) is 6.19. The van der Waals surface area contributed by atoms with Crippen LogP contribution in [0, 0.1) is 11.3 Å². The molecule has 2 heterocycles. The molecule has 0 aromatic carbocycles. The minimum absolute atomic E-state index is 0. The third-order valence-corrected chi connectivity index (χ3v) is 6.92. The minimum Gasteiger partial charge on any atom is -0.356 e. The lowest BCUT2D eigenvalue weighted by Gasteiger charge is -2.29. The molecular formula is C20H30ClN3O2S. The van der Waals surface area contributed by atoms with E-state index >= 15 is 0 Å². The van der Waals surface area contributed by atoms with Crippen molar-refractivity contribution < 1.29 is 9.59 Å². The normalized spacial score (nSPS) is 22.7. The van der Waals surface area contributed by atoms with Gasteiger partial charge in [0, 0.05) is 31.5 Å². The molecule has 2 aliphatic carbocycles. The van der Waals surface area contributed by atoms with Gasteiger partial charge in [0.25, 0.3) is 0 Å². The smallest absolute Gasteiger partial charge is 0.223 e. The van der Waals surface area contributed by atoms with Crippen LogP contribution < -0.4 is 10.6 Å². The predicted molar refractivity (Wildman–Crippen MR) is 110 cm³/mol. The van der Waals surface area contributed by atoms with Gasteiger partial charge in [-0.25, -0.2) is 0 Å². The lowest BCUT2D eigenvalue weighted by Crippen LogP contribution is -2.39. The molecule has 0 bridgehead atoms. The number of carbonyl (C=O) groups excluding carboxylic acids is 2. The van der Waals surface area contributed by atoms with Crippen LogP contribution in [0.5, 0.6) is 0 Å². The zero-order valence-corrected chi connectivity index (χ0v) is 17.4. The zero-order chi connectivity index (χ0) is 18.0. The highest BCUT2D eigenvalue weighted by atomic mass is 35.5. The summed E-state index contributed by atoms with van der Waals surface area (Å²) in [6, 6.07) is 2.52. The van der Waals surface area contributed by atoms with Gasteiger partial charge in [0.2, 0.25) is 11.8 Å². The average molecular weight is 412 g/mol. The Bertz CT molecular complexity index is 642. The maximum Gasteiger partial charge on any atom is 0.223 e. The van der Waals surface area contributed by atoms with Gasteiger partial charge in [0.15, 0.2) is 0 Å². The third kappa shape index (κ3) is 5.04. The van der Waals surface area contributed by atoms with Gasteiger partial charge in [-0.2, -0.15) is 11.3 Å². The Kier molecular flexibility index (Phi) is 6.82. The molecular weight excluding hydrogens is 382 g/mol. The van der Waals surface area contributed by atoms with E-state index < -0.39 is 0 Å². The number of hydrogen-bond donors (Lipinski definition) is 2. The van der Waals surface area contributed by atoms with Crippen molar-refractivity contribution in [3.05, 3.63) is 22.4 Å². The highest BCUT2D eigenvalue weighted by Gasteiger charge is 2.57. The topological polar surface area (TPSA) is 61.4 Å². The van der Waals surface area contributed by atoms with E-state index in [0.717, 1.165) is 45.3 Å². The molecule has 0 radical (unpaired) electrons. The fourth-order valence-corrected chi connectivity index (χ4v) is 4.92. The molecule has 3 aliphatic rings. The molecule has 2 N–H and O–H groups in total. The second kappa shape index (κ2) is 8.93. The van der Waals surface area contributed by atoms with Crippen molar-refractivity contribution in [3.63, 3.8) is 0 Å². The molecule has 2 amide bonds. The summed E-state index contributed by atoms with van der Waals surface area (Å²) in [4.78, 5) is 26.8. The second-order valence-corrected chi connectivity index (χ2v) is 8.93. The number of hydrogen-bond acceptors (Lipinski definition) is 4. The quantitative estimate of drug-likeness (QED) is 0.646. The fourth-order valence-electron chi connectivity index (χ4n) is 4.27. The summed E-state index contributed by atoms with van der Waals surface area (Å²) in [5.41, 5.74) is 1.60. The van der Waals surface area contributed by atoms with Gasteiger partial charge in [-0.05, 0) is 79.4 Å². The van der Waals surface area contributed by atoms with E-state index in [0.29, 0.717) is 24.4 Å². The number of piperidine rings is 1. The molecule has 1 unspecified atom stereocenters. The maximum absolute atomic E-state index is 13.0. The lowest BCUT2D eigenvalue weighted by molar-refractivity contribution is -0.133. The number of thiophene rings is 1. The standard InChI is InChI=1S/C20H29N3O2S.ClH/c24-18(2-1-8-22-19(25)16-3-4-16)23(13-15-5-11-26-14-15)17-12-20(17)6-9-21-10-7-20;/h5,11,14,16-17,21H,1-4,6-10,12-13H2,(H,22,25);1H. The van der Waals surface area contributed by atoms with Crippen molar-refractivity contribution in [2.24, 2.45) is 11.3 Å². The molecule has 2 saturated carbocycles. The Hall–Kier alpha value is -1.11. The van der Waals surface area contributed by atoms with Crippen LogP contribution >= 0.6 is 23.7 Å². The van der Waals surface area contributed by atoms with E-state index in [2.05, 4.69) is 32.4 Å². The van der Waals surface area contributed by atoms with Crippen molar-refractivity contribution in [3.8, 4) is 0 Å². The van der Waals surface area contributed by atoms with Gasteiger partial charge in [-0.3, -0.25) is 9.59 Å². The Balaban J connectivity index is 0.00000210. The molecule has 4 rings (SSSR count). The molecule has 1 saturated heterocycles. The monoisotopic (exact) mass is 411 g/mol. The van der Waals surface area contributed by atoms with Gasteiger partial charge in [0.05, 0.1) is 0 Å². The fraction of sp³-hybridized carbons (Fsp3) is 0.700. The number of nitrogens with one attached hydrogen (secondary N) is 2. The van der Waals surface area contributed by atoms with Gasteiger partial charge >= 0.3 is 0 Å². The first-order valence-corrected chi connectivity index (χ1v) is 10.9. The first kappa shape index (κ1) is 20.6. The number of halogens is 1. The Labute approximate surface area is 171 Å². The minimum atomic E-state index is 0. The van der Waals surface area contributed by atoms with Crippen molar-refractivity contribution >= 4 is 35.6 Å². The number of carbonyl (C=O) groups is 2. The molecule has 3 fully saturated rings. The van der Waals surface area contributed by atoms with Crippen molar-refractivity contribution in [1.82, 2.24) is 15.5 Å². The van der Waals surface area contributed by atoms with Crippen LogP contribution in [0.1, 0.15) is 50.5 Å². The molecule has 1 aromatic rings. The maximum atomic E-state index is 13.0. The summed E-state index contributed by atoms with van der Waals surface area (Å²) in [6.45, 7) is 3.50. The van der Waals surface area contributed by atoms with E-state index in [9.17, 15) is 9.59 Å². The van der Waals surface area contributed by atoms with Crippen molar-refractivity contribution in [2.75, 3.05) is 19.6 Å². The molecule has 27 heavy (non-hydrogen) atoms. The van der Waals surface area contributed by atoms with Gasteiger partial charge < -0.3 is 15.5 Å². The average Bonchev–Trinajstić information content (AvgIpc) is 3.56. The van der Waals surface area contributed by atoms with Crippen molar-refractivity contribution in [1.29, 1.82) is 0 Å². The molecule has 1 aliphatic heterocycles. The number of nitrogens with zero attached hydrogens (tertiary/aromatic N) is 1. The predicted octanol–water partition coefficient (Wildman–Crippen LogP) is 2.95. The van der Waals surface area contributed by atoms with Gasteiger partial charge in [-0.1, -0.05) is 0 Å². The zero-order valence-electron chi connectivity index (χ0n) is 15.7. The van der Waals surface area contributed by atoms with Crippen LogP contribution in [0.15, 0.2) is 16.8 Å². The van der Waals surface area contributed by atoms with E-state index in [1.165, 1.54) is 18.4 Å². The summed E-state index contributed by atoms with van der Waals surface area (Å²) >= 11 is 1.69. The van der Waals surface area contributed by atoms with Crippen LogP contribution in [-0.4, -0.2) is 42.4 Å². The summed E-state index contributed by atoms with van der Waals surface area (Å²) < 4.78 is 0. The van der Waals surface area contributed by atoms with Crippen LogP contribution in [0.4, 0.5) is 0 Å². The molecule has 1 atom stereocenters. The van der Waals surface area contributed by atoms with Crippen molar-refractivity contribution in [2.45, 2.75) is 57.5 Å². The first-order valence-electron chi connectivity index (χ1n) is 9.97. The largest absolute Gasteiger partial charge is 0.356 e. The molecule has 1 aromatic heterocycles. The van der Waals surface area contributed by atoms with E-state index in [1.807, 2.05) is 0 Å². The van der Waals surface area contributed by atoms with E-state index in [4.69, 9.17) is 0 Å². The van der Waals surface area contributed by atoms with Crippen LogP contribution in [0.2, 0.25) is 0 Å². The number of amides is 2. The van der Waals surface area contributed by atoms with Crippen LogP contribution in [0.3, 0.4) is 0 Å². The Morgan fingerprint density at radius 1 is 1.30 bits per heavy atom. The van der Waals surface area contributed by atoms with Crippen LogP contribution in [-0.2, 0) is 16.1 Å². The summed E-state index contributed by atoms with van der Waals surface area (Å²) in [5.74, 6) is 0.660. The lowest BCUT2D eigenvalue weighted by atomic mass is 9.93. The highest BCUT2D eigenvalue weighted by Crippen LogP contribution is 2.56. The van der Waals surface area contributed by atoms with E-state index in [-0.39, 0.29) is 30.1 Å². The summed E-state index contributed by atoms with van der Waals surface area (Å²) in [5, 5.41) is 10.6. The molecule has 7 heteroatoms. The van der Waals surface area contributed by atoms with Crippen LogP contribution in [0.25, 0.3) is 0 Å². The summed E-state index contributed by atoms with van der Waals surface area (Å²) in [7, 11) is 0. The first-order chi connectivity index (χ1) is 12.7. The molecule has 5 nitrogen and oxygen atoms in total. The molecule has 150 valence electrons. The SMILES string of the molecule is Cl.O=C(NCCCC(=O)N(Cc1ccsc1)C1CC12CCNCC2)C1CC1. The van der Waals surface area contributed by atoms with Gasteiger partial charge in [-0.15, -0.1) is 12.4 Å². The molecule has 1 spiro atoms. The Morgan fingerprint density at radius 2 is 2.07 bits per heavy atom. The number of rotatable bonds is 8.